The lowest BCUT2D eigenvalue weighted by molar-refractivity contribution is 0.195. The Hall–Kier alpha value is -1.58. The Kier molecular flexibility index (Phi) is 5.39. The van der Waals surface area contributed by atoms with Gasteiger partial charge in [0.2, 0.25) is 0 Å². The molecule has 0 radical (unpaired) electrons. The molecule has 4 nitrogen and oxygen atoms in total. The summed E-state index contributed by atoms with van der Waals surface area (Å²) in [5.41, 5.74) is 1.95. The Morgan fingerprint density at radius 3 is 2.60 bits per heavy atom. The summed E-state index contributed by atoms with van der Waals surface area (Å²) in [5, 5.41) is 3.13. The van der Waals surface area contributed by atoms with Gasteiger partial charge < -0.3 is 10.2 Å². The van der Waals surface area contributed by atoms with Crippen molar-refractivity contribution >= 4 is 6.03 Å². The Bertz CT molecular complexity index is 439. The van der Waals surface area contributed by atoms with Gasteiger partial charge in [0.05, 0.1) is 11.7 Å². The predicted octanol–water partition coefficient (Wildman–Crippen LogP) is 3.43. The van der Waals surface area contributed by atoms with Gasteiger partial charge in [-0.15, -0.1) is 0 Å². The fraction of sp³-hybridized carbons (Fsp3) is 0.625. The lowest BCUT2D eigenvalue weighted by atomic mass is 10.1. The van der Waals surface area contributed by atoms with Crippen LogP contribution in [-0.2, 0) is 0 Å². The molecule has 0 unspecified atom stereocenters. The third-order valence-electron chi connectivity index (χ3n) is 3.87. The number of hydrogen-bond donors (Lipinski definition) is 1. The van der Waals surface area contributed by atoms with E-state index in [0.29, 0.717) is 0 Å². The molecule has 2 amide bonds. The fourth-order valence-electron chi connectivity index (χ4n) is 2.66. The molecule has 1 aromatic rings. The maximum atomic E-state index is 12.4. The number of urea groups is 1. The molecule has 4 heteroatoms. The van der Waals surface area contributed by atoms with Crippen LogP contribution in [0.2, 0.25) is 0 Å². The third-order valence-corrected chi connectivity index (χ3v) is 3.87. The molecule has 1 saturated heterocycles. The fourth-order valence-corrected chi connectivity index (χ4v) is 2.66. The summed E-state index contributed by atoms with van der Waals surface area (Å²) in [7, 11) is 0. The normalized spacial score (nSPS) is 17.4. The van der Waals surface area contributed by atoms with Gasteiger partial charge in [-0.2, -0.15) is 0 Å². The van der Waals surface area contributed by atoms with Crippen molar-refractivity contribution in [1.82, 2.24) is 15.2 Å². The summed E-state index contributed by atoms with van der Waals surface area (Å²) in [5.74, 6) is 0. The molecule has 1 aliphatic rings. The van der Waals surface area contributed by atoms with Gasteiger partial charge in [-0.25, -0.2) is 4.79 Å². The van der Waals surface area contributed by atoms with E-state index in [4.69, 9.17) is 0 Å². The van der Waals surface area contributed by atoms with Crippen molar-refractivity contribution in [3.63, 3.8) is 0 Å². The number of hydrogen-bond acceptors (Lipinski definition) is 2. The molecule has 0 saturated carbocycles. The minimum Gasteiger partial charge on any atom is -0.330 e. The van der Waals surface area contributed by atoms with E-state index in [1.165, 1.54) is 12.8 Å². The molecule has 1 N–H and O–H groups in total. The third kappa shape index (κ3) is 3.95. The van der Waals surface area contributed by atoms with Crippen molar-refractivity contribution in [2.24, 2.45) is 0 Å². The van der Waals surface area contributed by atoms with Crippen LogP contribution < -0.4 is 5.32 Å². The molecule has 0 bridgehead atoms. The van der Waals surface area contributed by atoms with E-state index < -0.39 is 0 Å². The highest BCUT2D eigenvalue weighted by Gasteiger charge is 2.19. The molecule has 2 rings (SSSR count). The second-order valence-electron chi connectivity index (χ2n) is 5.52. The number of carbonyl (C=O) groups is 1. The van der Waals surface area contributed by atoms with Crippen molar-refractivity contribution in [2.75, 3.05) is 13.1 Å². The van der Waals surface area contributed by atoms with E-state index in [1.807, 2.05) is 30.0 Å². The van der Waals surface area contributed by atoms with E-state index >= 15 is 0 Å². The molecule has 1 aliphatic heterocycles. The van der Waals surface area contributed by atoms with Crippen molar-refractivity contribution in [2.45, 2.75) is 52.0 Å². The molecule has 110 valence electrons. The van der Waals surface area contributed by atoms with Gasteiger partial charge in [0.25, 0.3) is 0 Å². The largest absolute Gasteiger partial charge is 0.330 e. The topological polar surface area (TPSA) is 45.2 Å². The van der Waals surface area contributed by atoms with Crippen LogP contribution in [0.1, 0.15) is 56.5 Å². The first-order valence-electron chi connectivity index (χ1n) is 7.69. The second kappa shape index (κ2) is 7.27. The van der Waals surface area contributed by atoms with Gasteiger partial charge in [-0.3, -0.25) is 4.98 Å². The Morgan fingerprint density at radius 2 is 2.00 bits per heavy atom. The van der Waals surface area contributed by atoms with Crippen LogP contribution in [0, 0.1) is 6.92 Å². The summed E-state index contributed by atoms with van der Waals surface area (Å²) in [6, 6.07) is 6.03. The highest BCUT2D eigenvalue weighted by Crippen LogP contribution is 2.16. The number of aryl methyl sites for hydroxylation is 1. The zero-order chi connectivity index (χ0) is 14.4. The number of pyridine rings is 1. The van der Waals surface area contributed by atoms with Crippen LogP contribution in [0.15, 0.2) is 18.2 Å². The first kappa shape index (κ1) is 14.8. The van der Waals surface area contributed by atoms with Gasteiger partial charge in [0.15, 0.2) is 0 Å². The van der Waals surface area contributed by atoms with Crippen LogP contribution >= 0.6 is 0 Å². The summed E-state index contributed by atoms with van der Waals surface area (Å²) in [6.07, 6.45) is 5.57. The quantitative estimate of drug-likeness (QED) is 0.918. The maximum absolute atomic E-state index is 12.4. The molecule has 1 fully saturated rings. The monoisotopic (exact) mass is 275 g/mol. The van der Waals surface area contributed by atoms with Gasteiger partial charge in [0, 0.05) is 18.8 Å². The van der Waals surface area contributed by atoms with Crippen LogP contribution in [0.5, 0.6) is 0 Å². The summed E-state index contributed by atoms with van der Waals surface area (Å²) < 4.78 is 0. The molecule has 1 aromatic heterocycles. The molecule has 0 spiro atoms. The first-order chi connectivity index (χ1) is 9.70. The zero-order valence-electron chi connectivity index (χ0n) is 12.6. The minimum absolute atomic E-state index is 0.00523. The SMILES string of the molecule is CC[C@@H](NC(=O)N1CCCCCC1)c1cccc(C)n1. The Labute approximate surface area is 121 Å². The molecule has 0 aliphatic carbocycles. The van der Waals surface area contributed by atoms with Crippen molar-refractivity contribution in [3.05, 3.63) is 29.6 Å². The number of nitrogens with zero attached hydrogens (tertiary/aromatic N) is 2. The number of likely N-dealkylation sites (tertiary alicyclic amines) is 1. The number of carbonyl (C=O) groups excluding carboxylic acids is 1. The maximum Gasteiger partial charge on any atom is 0.317 e. The number of amides is 2. The lowest BCUT2D eigenvalue weighted by Gasteiger charge is -2.24. The van der Waals surface area contributed by atoms with Crippen LogP contribution in [-0.4, -0.2) is 29.0 Å². The van der Waals surface area contributed by atoms with Crippen molar-refractivity contribution < 1.29 is 4.79 Å². The highest BCUT2D eigenvalue weighted by atomic mass is 16.2. The highest BCUT2D eigenvalue weighted by molar-refractivity contribution is 5.74. The minimum atomic E-state index is 0.00523. The average molecular weight is 275 g/mol. The van der Waals surface area contributed by atoms with Gasteiger partial charge in [-0.1, -0.05) is 25.8 Å². The molecule has 0 aromatic carbocycles. The number of nitrogens with one attached hydrogen (secondary N) is 1. The summed E-state index contributed by atoms with van der Waals surface area (Å²) in [4.78, 5) is 18.8. The van der Waals surface area contributed by atoms with E-state index in [0.717, 1.165) is 43.7 Å². The van der Waals surface area contributed by atoms with Crippen LogP contribution in [0.3, 0.4) is 0 Å². The van der Waals surface area contributed by atoms with E-state index in [1.54, 1.807) is 0 Å². The molecule has 2 heterocycles. The second-order valence-corrected chi connectivity index (χ2v) is 5.52. The average Bonchev–Trinajstić information content (AvgIpc) is 2.73. The van der Waals surface area contributed by atoms with Crippen molar-refractivity contribution in [1.29, 1.82) is 0 Å². The first-order valence-corrected chi connectivity index (χ1v) is 7.69. The molecular weight excluding hydrogens is 250 g/mol. The van der Waals surface area contributed by atoms with Gasteiger partial charge in [-0.05, 0) is 38.3 Å². The zero-order valence-corrected chi connectivity index (χ0v) is 12.6. The summed E-state index contributed by atoms with van der Waals surface area (Å²) >= 11 is 0. The smallest absolute Gasteiger partial charge is 0.317 e. The lowest BCUT2D eigenvalue weighted by Crippen LogP contribution is -2.42. The van der Waals surface area contributed by atoms with Crippen LogP contribution in [0.4, 0.5) is 4.79 Å². The van der Waals surface area contributed by atoms with Gasteiger partial charge >= 0.3 is 6.03 Å². The predicted molar refractivity (Wildman–Crippen MR) is 80.6 cm³/mol. The standard InChI is InChI=1S/C16H25N3O/c1-3-14(15-10-8-9-13(2)17-15)18-16(20)19-11-6-4-5-7-12-19/h8-10,14H,3-7,11-12H2,1-2H3,(H,18,20)/t14-/m1/s1. The molecular formula is C16H25N3O. The number of aromatic nitrogens is 1. The van der Waals surface area contributed by atoms with E-state index in [9.17, 15) is 4.79 Å². The van der Waals surface area contributed by atoms with Gasteiger partial charge in [0.1, 0.15) is 0 Å². The molecule has 20 heavy (non-hydrogen) atoms. The van der Waals surface area contributed by atoms with E-state index in [-0.39, 0.29) is 12.1 Å². The van der Waals surface area contributed by atoms with E-state index in [2.05, 4.69) is 17.2 Å². The van der Waals surface area contributed by atoms with Crippen molar-refractivity contribution in [3.8, 4) is 0 Å². The Balaban J connectivity index is 2.00. The Morgan fingerprint density at radius 1 is 1.30 bits per heavy atom. The molecule has 1 atom stereocenters. The number of rotatable bonds is 3. The summed E-state index contributed by atoms with van der Waals surface area (Å²) in [6.45, 7) is 5.82. The van der Waals surface area contributed by atoms with Crippen LogP contribution in [0.25, 0.3) is 0 Å².